The number of hydrogen-bond acceptors (Lipinski definition) is 2. The van der Waals surface area contributed by atoms with E-state index >= 15 is 0 Å². The Bertz CT molecular complexity index is 1500. The fraction of sp³-hybridized carbons (Fsp3) is 0.120. The number of benzene rings is 3. The summed E-state index contributed by atoms with van der Waals surface area (Å²) >= 11 is 0. The van der Waals surface area contributed by atoms with Gasteiger partial charge >= 0.3 is 6.18 Å². The minimum Gasteiger partial charge on any atom is -0.361 e. The fourth-order valence-electron chi connectivity index (χ4n) is 4.09. The molecule has 160 valence electrons. The number of fused-ring (bicyclic) bond motifs is 2. The standard InChI is InChI=1S/C25H18F3N3O/c26-25(27,28)19-9-3-6-12-22(19)31-23(30-21-11-5-2-8-18(21)24(31)32)14-13-16-15-29-20-10-4-1-7-17(16)20/h1-12,15,29H,13-14H2. The molecule has 2 heterocycles. The minimum absolute atomic E-state index is 0.211. The molecule has 0 fully saturated rings. The summed E-state index contributed by atoms with van der Waals surface area (Å²) in [6.07, 6.45) is -1.90. The van der Waals surface area contributed by atoms with Gasteiger partial charge in [0.25, 0.3) is 5.56 Å². The Morgan fingerprint density at radius 3 is 2.34 bits per heavy atom. The highest BCUT2D eigenvalue weighted by atomic mass is 19.4. The Balaban J connectivity index is 1.68. The van der Waals surface area contributed by atoms with E-state index in [2.05, 4.69) is 9.97 Å². The molecule has 4 nitrogen and oxygen atoms in total. The van der Waals surface area contributed by atoms with Gasteiger partial charge in [0.1, 0.15) is 5.82 Å². The lowest BCUT2D eigenvalue weighted by molar-refractivity contribution is -0.137. The van der Waals surface area contributed by atoms with Crippen molar-refractivity contribution in [2.45, 2.75) is 19.0 Å². The molecule has 0 spiro atoms. The van der Waals surface area contributed by atoms with Gasteiger partial charge in [-0.1, -0.05) is 42.5 Å². The van der Waals surface area contributed by atoms with Gasteiger partial charge in [0, 0.05) is 23.5 Å². The normalized spacial score (nSPS) is 12.0. The molecule has 1 N–H and O–H groups in total. The number of aromatic amines is 1. The van der Waals surface area contributed by atoms with Crippen LogP contribution in [0.3, 0.4) is 0 Å². The number of H-pyrrole nitrogens is 1. The topological polar surface area (TPSA) is 50.7 Å². The zero-order valence-electron chi connectivity index (χ0n) is 16.9. The summed E-state index contributed by atoms with van der Waals surface area (Å²) < 4.78 is 42.4. The lowest BCUT2D eigenvalue weighted by atomic mass is 10.1. The lowest BCUT2D eigenvalue weighted by Gasteiger charge is -2.18. The van der Waals surface area contributed by atoms with Gasteiger partial charge in [-0.05, 0) is 42.3 Å². The Morgan fingerprint density at radius 2 is 1.53 bits per heavy atom. The van der Waals surface area contributed by atoms with E-state index < -0.39 is 17.3 Å². The summed E-state index contributed by atoms with van der Waals surface area (Å²) in [4.78, 5) is 21.2. The fourth-order valence-corrected chi connectivity index (χ4v) is 4.09. The monoisotopic (exact) mass is 433 g/mol. The molecule has 5 aromatic rings. The van der Waals surface area contributed by atoms with Gasteiger partial charge in [0.2, 0.25) is 0 Å². The second-order valence-electron chi connectivity index (χ2n) is 7.56. The van der Waals surface area contributed by atoms with Crippen LogP contribution in [0.4, 0.5) is 13.2 Å². The van der Waals surface area contributed by atoms with E-state index in [9.17, 15) is 18.0 Å². The van der Waals surface area contributed by atoms with E-state index in [1.807, 2.05) is 30.5 Å². The summed E-state index contributed by atoms with van der Waals surface area (Å²) in [6.45, 7) is 0. The third-order valence-electron chi connectivity index (χ3n) is 5.59. The molecule has 0 bridgehead atoms. The molecule has 3 aromatic carbocycles. The van der Waals surface area contributed by atoms with Crippen LogP contribution in [0.2, 0.25) is 0 Å². The quantitative estimate of drug-likeness (QED) is 0.397. The Labute approximate surface area is 181 Å². The molecule has 0 amide bonds. The molecule has 0 aliphatic rings. The van der Waals surface area contributed by atoms with Crippen LogP contribution in [0, 0.1) is 0 Å². The molecule has 0 unspecified atom stereocenters. The summed E-state index contributed by atoms with van der Waals surface area (Å²) in [6, 6.07) is 19.6. The van der Waals surface area contributed by atoms with Crippen LogP contribution in [0.25, 0.3) is 27.5 Å². The highest BCUT2D eigenvalue weighted by Gasteiger charge is 2.34. The summed E-state index contributed by atoms with van der Waals surface area (Å²) in [7, 11) is 0. The van der Waals surface area contributed by atoms with Crippen molar-refractivity contribution in [2.75, 3.05) is 0 Å². The number of nitrogens with zero attached hydrogens (tertiary/aromatic N) is 2. The predicted molar refractivity (Wildman–Crippen MR) is 118 cm³/mol. The van der Waals surface area contributed by atoms with Gasteiger partial charge < -0.3 is 4.98 Å². The van der Waals surface area contributed by atoms with Crippen molar-refractivity contribution in [3.63, 3.8) is 0 Å². The third kappa shape index (κ3) is 3.45. The van der Waals surface area contributed by atoms with Crippen LogP contribution in [0.1, 0.15) is 17.0 Å². The smallest absolute Gasteiger partial charge is 0.361 e. The average molecular weight is 433 g/mol. The lowest BCUT2D eigenvalue weighted by Crippen LogP contribution is -2.26. The summed E-state index contributed by atoms with van der Waals surface area (Å²) in [5, 5.41) is 1.32. The number of alkyl halides is 3. The maximum atomic E-state index is 13.8. The first-order valence-corrected chi connectivity index (χ1v) is 10.2. The number of aryl methyl sites for hydroxylation is 2. The first-order valence-electron chi connectivity index (χ1n) is 10.2. The van der Waals surface area contributed by atoms with Crippen molar-refractivity contribution in [3.8, 4) is 5.69 Å². The summed E-state index contributed by atoms with van der Waals surface area (Å²) in [5.74, 6) is 0.288. The molecule has 5 rings (SSSR count). The maximum absolute atomic E-state index is 13.8. The van der Waals surface area contributed by atoms with Crippen molar-refractivity contribution in [1.29, 1.82) is 0 Å². The van der Waals surface area contributed by atoms with Gasteiger partial charge in [-0.15, -0.1) is 0 Å². The molecule has 32 heavy (non-hydrogen) atoms. The molecule has 0 saturated heterocycles. The van der Waals surface area contributed by atoms with E-state index in [4.69, 9.17) is 0 Å². The largest absolute Gasteiger partial charge is 0.418 e. The molecular formula is C25H18F3N3O. The number of aromatic nitrogens is 3. The van der Waals surface area contributed by atoms with Crippen LogP contribution < -0.4 is 5.56 Å². The van der Waals surface area contributed by atoms with E-state index in [1.165, 1.54) is 18.2 Å². The van der Waals surface area contributed by atoms with Gasteiger partial charge in [-0.25, -0.2) is 4.98 Å². The predicted octanol–water partition coefficient (Wildman–Crippen LogP) is 5.67. The highest BCUT2D eigenvalue weighted by Crippen LogP contribution is 2.34. The van der Waals surface area contributed by atoms with E-state index in [-0.39, 0.29) is 16.9 Å². The van der Waals surface area contributed by atoms with Crippen molar-refractivity contribution in [1.82, 2.24) is 14.5 Å². The van der Waals surface area contributed by atoms with Crippen LogP contribution >= 0.6 is 0 Å². The van der Waals surface area contributed by atoms with Crippen molar-refractivity contribution < 1.29 is 13.2 Å². The number of halogens is 3. The van der Waals surface area contributed by atoms with Crippen molar-refractivity contribution >= 4 is 21.8 Å². The van der Waals surface area contributed by atoms with E-state index in [1.54, 1.807) is 24.3 Å². The number of hydrogen-bond donors (Lipinski definition) is 1. The maximum Gasteiger partial charge on any atom is 0.418 e. The van der Waals surface area contributed by atoms with Crippen molar-refractivity contribution in [3.05, 3.63) is 106 Å². The Morgan fingerprint density at radius 1 is 0.844 bits per heavy atom. The first kappa shape index (κ1) is 20.1. The first-order chi connectivity index (χ1) is 15.4. The van der Waals surface area contributed by atoms with Gasteiger partial charge in [-0.3, -0.25) is 9.36 Å². The second-order valence-corrected chi connectivity index (χ2v) is 7.56. The number of rotatable bonds is 4. The highest BCUT2D eigenvalue weighted by molar-refractivity contribution is 5.83. The van der Waals surface area contributed by atoms with Crippen LogP contribution in [0.5, 0.6) is 0 Å². The molecular weight excluding hydrogens is 415 g/mol. The Hall–Kier alpha value is -3.87. The summed E-state index contributed by atoms with van der Waals surface area (Å²) in [5.41, 5.74) is 0.866. The van der Waals surface area contributed by atoms with E-state index in [0.29, 0.717) is 18.4 Å². The minimum atomic E-state index is -4.60. The van der Waals surface area contributed by atoms with Gasteiger partial charge in [-0.2, -0.15) is 13.2 Å². The van der Waals surface area contributed by atoms with Crippen LogP contribution in [-0.2, 0) is 19.0 Å². The number of nitrogens with one attached hydrogen (secondary N) is 1. The molecule has 0 radical (unpaired) electrons. The second kappa shape index (κ2) is 7.67. The molecule has 0 atom stereocenters. The number of para-hydroxylation sites is 3. The van der Waals surface area contributed by atoms with Crippen molar-refractivity contribution in [2.24, 2.45) is 0 Å². The third-order valence-corrected chi connectivity index (χ3v) is 5.59. The molecule has 0 saturated carbocycles. The molecule has 7 heteroatoms. The molecule has 0 aliphatic carbocycles. The SMILES string of the molecule is O=c1c2ccccc2nc(CCc2c[nH]c3ccccc23)n1-c1ccccc1C(F)(F)F. The molecule has 0 aliphatic heterocycles. The molecule has 2 aromatic heterocycles. The van der Waals surface area contributed by atoms with Gasteiger partial charge in [0.05, 0.1) is 22.2 Å². The Kier molecular flexibility index (Phi) is 4.81. The van der Waals surface area contributed by atoms with Gasteiger partial charge in [0.15, 0.2) is 0 Å². The average Bonchev–Trinajstić information content (AvgIpc) is 3.20. The zero-order chi connectivity index (χ0) is 22.3. The zero-order valence-corrected chi connectivity index (χ0v) is 16.9. The van der Waals surface area contributed by atoms with Crippen LogP contribution in [-0.4, -0.2) is 14.5 Å². The van der Waals surface area contributed by atoms with Crippen LogP contribution in [0.15, 0.2) is 83.8 Å². The van der Waals surface area contributed by atoms with E-state index in [0.717, 1.165) is 27.1 Å².